The summed E-state index contributed by atoms with van der Waals surface area (Å²) in [7, 11) is 0. The van der Waals surface area contributed by atoms with E-state index in [0.29, 0.717) is 11.3 Å². The van der Waals surface area contributed by atoms with Crippen LogP contribution in [0.3, 0.4) is 0 Å². The molecule has 1 aliphatic heterocycles. The van der Waals surface area contributed by atoms with Crippen LogP contribution in [0.5, 0.6) is 0 Å². The summed E-state index contributed by atoms with van der Waals surface area (Å²) in [6.07, 6.45) is 1.18. The predicted molar refractivity (Wildman–Crippen MR) is 57.5 cm³/mol. The van der Waals surface area contributed by atoms with Crippen LogP contribution in [0.15, 0.2) is 4.42 Å². The number of anilines is 2. The lowest BCUT2D eigenvalue weighted by atomic mass is 10.4. The van der Waals surface area contributed by atoms with E-state index in [1.807, 2.05) is 11.8 Å². The highest BCUT2D eigenvalue weighted by molar-refractivity contribution is 7.99. The number of nitrogens with zero attached hydrogens (tertiary/aromatic N) is 3. The van der Waals surface area contributed by atoms with Crippen molar-refractivity contribution >= 4 is 23.8 Å². The first-order valence-electron chi connectivity index (χ1n) is 4.75. The molecule has 0 spiro atoms. The second-order valence-electron chi connectivity index (χ2n) is 3.23. The first-order valence-corrected chi connectivity index (χ1v) is 5.80. The fourth-order valence-electron chi connectivity index (χ4n) is 1.63. The van der Waals surface area contributed by atoms with Crippen LogP contribution >= 0.6 is 11.8 Å². The molecule has 2 heterocycles. The van der Waals surface area contributed by atoms with E-state index in [4.69, 9.17) is 10.2 Å². The minimum absolute atomic E-state index is 0.145. The number of nitrogens with two attached hydrogens (primary N) is 1. The van der Waals surface area contributed by atoms with Gasteiger partial charge in [0.05, 0.1) is 0 Å². The Kier molecular flexibility index (Phi) is 2.81. The van der Waals surface area contributed by atoms with E-state index in [2.05, 4.69) is 22.0 Å². The van der Waals surface area contributed by atoms with Gasteiger partial charge in [0.15, 0.2) is 0 Å². The molecule has 0 amide bonds. The predicted octanol–water partition coefficient (Wildman–Crippen LogP) is 0.984. The van der Waals surface area contributed by atoms with E-state index < -0.39 is 0 Å². The Balaban J connectivity index is 1.95. The van der Waals surface area contributed by atoms with Crippen LogP contribution in [0.2, 0.25) is 0 Å². The monoisotopic (exact) mass is 214 g/mol. The van der Waals surface area contributed by atoms with Gasteiger partial charge >= 0.3 is 12.0 Å². The molecule has 1 aromatic heterocycles. The summed E-state index contributed by atoms with van der Waals surface area (Å²) >= 11 is 1.98. The van der Waals surface area contributed by atoms with Crippen molar-refractivity contribution in [2.24, 2.45) is 0 Å². The molecule has 0 aromatic carbocycles. The number of nitrogen functional groups attached to an aromatic ring is 1. The lowest BCUT2D eigenvalue weighted by Crippen LogP contribution is -2.20. The maximum Gasteiger partial charge on any atom is 0.319 e. The summed E-state index contributed by atoms with van der Waals surface area (Å²) in [5.74, 6) is 1.16. The maximum absolute atomic E-state index is 5.37. The summed E-state index contributed by atoms with van der Waals surface area (Å²) < 4.78 is 5.17. The van der Waals surface area contributed by atoms with E-state index in [1.165, 1.54) is 6.42 Å². The minimum Gasteiger partial charge on any atom is -0.390 e. The number of hydrogen-bond acceptors (Lipinski definition) is 6. The van der Waals surface area contributed by atoms with Gasteiger partial charge in [-0.2, -0.15) is 11.8 Å². The van der Waals surface area contributed by atoms with Crippen molar-refractivity contribution < 1.29 is 4.42 Å². The molecule has 2 rings (SSSR count). The van der Waals surface area contributed by atoms with Crippen LogP contribution in [-0.4, -0.2) is 34.3 Å². The molecule has 6 heteroatoms. The molecule has 1 fully saturated rings. The van der Waals surface area contributed by atoms with E-state index in [0.717, 1.165) is 18.8 Å². The topological polar surface area (TPSA) is 68.2 Å². The number of hydrogen-bond donors (Lipinski definition) is 1. The Morgan fingerprint density at radius 2 is 2.50 bits per heavy atom. The Morgan fingerprint density at radius 3 is 3.14 bits per heavy atom. The Bertz CT molecular complexity index is 303. The molecule has 14 heavy (non-hydrogen) atoms. The Hall–Kier alpha value is -0.910. The normalized spacial score (nSPS) is 21.8. The average molecular weight is 214 g/mol. The van der Waals surface area contributed by atoms with Crippen LogP contribution in [0.1, 0.15) is 13.3 Å². The minimum atomic E-state index is 0.145. The molecule has 5 nitrogen and oxygen atoms in total. The van der Waals surface area contributed by atoms with Gasteiger partial charge in [0.2, 0.25) is 0 Å². The summed E-state index contributed by atoms with van der Waals surface area (Å²) in [4.78, 5) is 2.09. The van der Waals surface area contributed by atoms with Crippen molar-refractivity contribution in [2.75, 3.05) is 29.5 Å². The summed E-state index contributed by atoms with van der Waals surface area (Å²) in [5, 5.41) is 8.20. The van der Waals surface area contributed by atoms with E-state index in [9.17, 15) is 0 Å². The first-order chi connectivity index (χ1) is 6.79. The lowest BCUT2D eigenvalue weighted by Gasteiger charge is -2.11. The fourth-order valence-corrected chi connectivity index (χ4v) is 2.66. The van der Waals surface area contributed by atoms with Crippen molar-refractivity contribution in [3.63, 3.8) is 0 Å². The molecule has 1 atom stereocenters. The van der Waals surface area contributed by atoms with Gasteiger partial charge in [-0.15, -0.1) is 0 Å². The van der Waals surface area contributed by atoms with Crippen LogP contribution in [-0.2, 0) is 0 Å². The molecule has 2 N–H and O–H groups in total. The molecule has 1 aliphatic rings. The van der Waals surface area contributed by atoms with Gasteiger partial charge in [0, 0.05) is 18.3 Å². The van der Waals surface area contributed by atoms with Gasteiger partial charge in [0.1, 0.15) is 0 Å². The molecule has 1 unspecified atom stereocenters. The van der Waals surface area contributed by atoms with E-state index in [-0.39, 0.29) is 6.01 Å². The van der Waals surface area contributed by atoms with Gasteiger partial charge < -0.3 is 15.1 Å². The lowest BCUT2D eigenvalue weighted by molar-refractivity contribution is 0.562. The highest BCUT2D eigenvalue weighted by Crippen LogP contribution is 2.26. The van der Waals surface area contributed by atoms with Gasteiger partial charge in [-0.1, -0.05) is 17.1 Å². The van der Waals surface area contributed by atoms with Gasteiger partial charge in [-0.05, 0) is 12.2 Å². The Morgan fingerprint density at radius 1 is 1.64 bits per heavy atom. The van der Waals surface area contributed by atoms with Crippen molar-refractivity contribution in [3.8, 4) is 0 Å². The van der Waals surface area contributed by atoms with Gasteiger partial charge in [-0.25, -0.2) is 0 Å². The number of thioether (sulfide) groups is 1. The SMILES string of the molecule is CCSC1CCN(c2nnc(N)o2)C1. The van der Waals surface area contributed by atoms with E-state index >= 15 is 0 Å². The molecule has 0 bridgehead atoms. The van der Waals surface area contributed by atoms with Crippen LogP contribution in [0.4, 0.5) is 12.0 Å². The third-order valence-electron chi connectivity index (χ3n) is 2.25. The zero-order valence-corrected chi connectivity index (χ0v) is 8.96. The molecule has 0 radical (unpaired) electrons. The fraction of sp³-hybridized carbons (Fsp3) is 0.750. The second kappa shape index (κ2) is 4.08. The number of rotatable bonds is 3. The smallest absolute Gasteiger partial charge is 0.319 e. The van der Waals surface area contributed by atoms with Crippen LogP contribution < -0.4 is 10.6 Å². The largest absolute Gasteiger partial charge is 0.390 e. The van der Waals surface area contributed by atoms with Crippen molar-refractivity contribution in [1.29, 1.82) is 0 Å². The van der Waals surface area contributed by atoms with Crippen LogP contribution in [0.25, 0.3) is 0 Å². The molecule has 1 saturated heterocycles. The van der Waals surface area contributed by atoms with Crippen LogP contribution in [0, 0.1) is 0 Å². The molecule has 0 saturated carbocycles. The summed E-state index contributed by atoms with van der Waals surface area (Å²) in [5.41, 5.74) is 5.37. The van der Waals surface area contributed by atoms with Crippen molar-refractivity contribution in [1.82, 2.24) is 10.2 Å². The zero-order chi connectivity index (χ0) is 9.97. The first kappa shape index (κ1) is 9.64. The molecular weight excluding hydrogens is 200 g/mol. The standard InChI is InChI=1S/C8H14N4OS/c1-2-14-6-3-4-12(5-6)8-11-10-7(9)13-8/h6H,2-5H2,1H3,(H2,9,10). The van der Waals surface area contributed by atoms with Gasteiger partial charge in [0.25, 0.3) is 0 Å². The van der Waals surface area contributed by atoms with Crippen molar-refractivity contribution in [3.05, 3.63) is 0 Å². The quantitative estimate of drug-likeness (QED) is 0.809. The van der Waals surface area contributed by atoms with E-state index in [1.54, 1.807) is 0 Å². The summed E-state index contributed by atoms with van der Waals surface area (Å²) in [6.45, 7) is 4.15. The number of aromatic nitrogens is 2. The van der Waals surface area contributed by atoms with Crippen molar-refractivity contribution in [2.45, 2.75) is 18.6 Å². The second-order valence-corrected chi connectivity index (χ2v) is 4.81. The average Bonchev–Trinajstić information content (AvgIpc) is 2.74. The highest BCUT2D eigenvalue weighted by Gasteiger charge is 2.25. The van der Waals surface area contributed by atoms with Gasteiger partial charge in [-0.3, -0.25) is 0 Å². The third kappa shape index (κ3) is 1.95. The molecule has 0 aliphatic carbocycles. The summed E-state index contributed by atoms with van der Waals surface area (Å²) in [6, 6.07) is 0.702. The Labute approximate surface area is 87.0 Å². The zero-order valence-electron chi connectivity index (χ0n) is 8.14. The molecule has 78 valence electrons. The maximum atomic E-state index is 5.37. The highest BCUT2D eigenvalue weighted by atomic mass is 32.2. The third-order valence-corrected chi connectivity index (χ3v) is 3.44. The molecular formula is C8H14N4OS. The molecule has 1 aromatic rings.